The summed E-state index contributed by atoms with van der Waals surface area (Å²) in [5, 5.41) is 3.06. The number of fused-ring (bicyclic) bond motifs is 1. The molecule has 7 heteroatoms. The molecular weight excluding hydrogens is 290 g/mol. The molecule has 6 nitrogen and oxygen atoms in total. The summed E-state index contributed by atoms with van der Waals surface area (Å²) in [6.45, 7) is 3.85. The average molecular weight is 315 g/mol. The highest BCUT2D eigenvalue weighted by Crippen LogP contribution is 2.35. The van der Waals surface area contributed by atoms with Gasteiger partial charge in [-0.2, -0.15) is 17.0 Å². The maximum absolute atomic E-state index is 13.0. The van der Waals surface area contributed by atoms with Crippen LogP contribution in [0.2, 0.25) is 0 Å². The Morgan fingerprint density at radius 3 is 2.52 bits per heavy atom. The number of rotatable bonds is 2. The number of carbonyl (C=O) groups excluding carboxylic acids is 1. The molecule has 0 aromatic heterocycles. The fraction of sp³-hybridized carbons (Fsp3) is 0.929. The zero-order chi connectivity index (χ0) is 15.1. The van der Waals surface area contributed by atoms with Crippen LogP contribution in [0.5, 0.6) is 0 Å². The lowest BCUT2D eigenvalue weighted by atomic mass is 9.82. The molecule has 3 rings (SSSR count). The minimum atomic E-state index is -3.40. The summed E-state index contributed by atoms with van der Waals surface area (Å²) in [5.41, 5.74) is -0.418. The number of hydrogen-bond donors (Lipinski definition) is 1. The first-order valence-electron chi connectivity index (χ1n) is 8.01. The first-order valence-corrected chi connectivity index (χ1v) is 9.41. The first-order chi connectivity index (χ1) is 9.93. The van der Waals surface area contributed by atoms with Crippen molar-refractivity contribution in [2.24, 2.45) is 0 Å². The highest BCUT2D eigenvalue weighted by Gasteiger charge is 2.48. The van der Waals surface area contributed by atoms with Crippen molar-refractivity contribution < 1.29 is 13.2 Å². The van der Waals surface area contributed by atoms with E-state index >= 15 is 0 Å². The molecule has 0 spiro atoms. The van der Waals surface area contributed by atoms with E-state index in [-0.39, 0.29) is 11.9 Å². The topological polar surface area (TPSA) is 69.7 Å². The summed E-state index contributed by atoms with van der Waals surface area (Å²) in [5.74, 6) is 0.0502. The van der Waals surface area contributed by atoms with Gasteiger partial charge in [0.15, 0.2) is 0 Å². The fourth-order valence-electron chi connectivity index (χ4n) is 4.00. The van der Waals surface area contributed by atoms with Crippen LogP contribution in [0.15, 0.2) is 0 Å². The number of amides is 1. The molecule has 3 fully saturated rings. The van der Waals surface area contributed by atoms with E-state index in [4.69, 9.17) is 0 Å². The summed E-state index contributed by atoms with van der Waals surface area (Å²) >= 11 is 0. The van der Waals surface area contributed by atoms with Gasteiger partial charge in [-0.1, -0.05) is 0 Å². The monoisotopic (exact) mass is 315 g/mol. The summed E-state index contributed by atoms with van der Waals surface area (Å²) < 4.78 is 29.2. The van der Waals surface area contributed by atoms with Crippen LogP contribution in [0.25, 0.3) is 0 Å². The highest BCUT2D eigenvalue weighted by molar-refractivity contribution is 7.86. The van der Waals surface area contributed by atoms with Crippen LogP contribution in [-0.4, -0.2) is 54.2 Å². The number of nitrogens with zero attached hydrogens (tertiary/aromatic N) is 2. The third-order valence-corrected chi connectivity index (χ3v) is 7.21. The molecular formula is C14H25N3O3S. The molecule has 1 N–H and O–H groups in total. The summed E-state index contributed by atoms with van der Waals surface area (Å²) in [6, 6.07) is -0.108. The van der Waals surface area contributed by atoms with Crippen molar-refractivity contribution in [1.82, 2.24) is 13.9 Å². The lowest BCUT2D eigenvalue weighted by Gasteiger charge is -2.45. The maximum atomic E-state index is 13.0. The summed E-state index contributed by atoms with van der Waals surface area (Å²) in [7, 11) is -3.40. The van der Waals surface area contributed by atoms with Crippen LogP contribution >= 0.6 is 0 Å². The van der Waals surface area contributed by atoms with E-state index in [1.54, 1.807) is 8.61 Å². The smallest absolute Gasteiger partial charge is 0.282 e. The van der Waals surface area contributed by atoms with Crippen LogP contribution < -0.4 is 5.32 Å². The van der Waals surface area contributed by atoms with Gasteiger partial charge in [-0.25, -0.2) is 0 Å². The van der Waals surface area contributed by atoms with Gasteiger partial charge in [0.2, 0.25) is 5.91 Å². The molecule has 0 radical (unpaired) electrons. The summed E-state index contributed by atoms with van der Waals surface area (Å²) in [4.78, 5) is 11.8. The van der Waals surface area contributed by atoms with E-state index < -0.39 is 15.7 Å². The van der Waals surface area contributed by atoms with Gasteiger partial charge in [-0.05, 0) is 45.4 Å². The van der Waals surface area contributed by atoms with Gasteiger partial charge in [-0.3, -0.25) is 4.79 Å². The van der Waals surface area contributed by atoms with Crippen molar-refractivity contribution in [3.05, 3.63) is 0 Å². The number of piperidine rings is 1. The molecule has 3 aliphatic heterocycles. The van der Waals surface area contributed by atoms with Crippen molar-refractivity contribution >= 4 is 16.1 Å². The number of carbonyl (C=O) groups is 1. The van der Waals surface area contributed by atoms with Gasteiger partial charge < -0.3 is 5.32 Å². The average Bonchev–Trinajstić information content (AvgIpc) is 2.89. The minimum Gasteiger partial charge on any atom is -0.349 e. The molecule has 21 heavy (non-hydrogen) atoms. The van der Waals surface area contributed by atoms with Crippen molar-refractivity contribution in [1.29, 1.82) is 0 Å². The lowest BCUT2D eigenvalue weighted by molar-refractivity contribution is -0.126. The van der Waals surface area contributed by atoms with Gasteiger partial charge in [0.05, 0.1) is 5.54 Å². The SMILES string of the molecule is C[C@]12CCCCN(S(=O)(=O)N3CCCC3)[C@H]1CCC(=O)N2. The third kappa shape index (κ3) is 2.71. The molecule has 0 saturated carbocycles. The Hall–Kier alpha value is -0.660. The largest absolute Gasteiger partial charge is 0.349 e. The van der Waals surface area contributed by atoms with Crippen LogP contribution in [0.1, 0.15) is 51.9 Å². The second-order valence-electron chi connectivity index (χ2n) is 6.70. The second-order valence-corrected chi connectivity index (χ2v) is 8.58. The van der Waals surface area contributed by atoms with Crippen molar-refractivity contribution in [3.63, 3.8) is 0 Å². The predicted octanol–water partition coefficient (Wildman–Crippen LogP) is 0.850. The Kier molecular flexibility index (Phi) is 4.00. The van der Waals surface area contributed by atoms with Crippen LogP contribution in [0, 0.1) is 0 Å². The van der Waals surface area contributed by atoms with Crippen LogP contribution in [0.4, 0.5) is 0 Å². The van der Waals surface area contributed by atoms with Crippen molar-refractivity contribution in [2.45, 2.75) is 63.5 Å². The standard InChI is InChI=1S/C14H25N3O3S/c1-14-8-2-3-11-17(12(14)6-7-13(18)15-14)21(19,20)16-9-4-5-10-16/h12H,2-11H2,1H3,(H,15,18)/t12-,14-/m0/s1. The normalized spacial score (nSPS) is 36.0. The third-order valence-electron chi connectivity index (χ3n) is 5.17. The minimum absolute atomic E-state index is 0.0502. The number of hydrogen-bond acceptors (Lipinski definition) is 3. The van der Waals surface area contributed by atoms with E-state index in [0.29, 0.717) is 32.5 Å². The second kappa shape index (κ2) is 5.52. The van der Waals surface area contributed by atoms with Gasteiger partial charge in [-0.15, -0.1) is 0 Å². The molecule has 0 unspecified atom stereocenters. The molecule has 0 aromatic rings. The molecule has 0 aliphatic carbocycles. The Morgan fingerprint density at radius 1 is 1.14 bits per heavy atom. The maximum Gasteiger partial charge on any atom is 0.282 e. The van der Waals surface area contributed by atoms with E-state index in [1.165, 1.54) is 0 Å². The van der Waals surface area contributed by atoms with E-state index in [0.717, 1.165) is 32.1 Å². The van der Waals surface area contributed by atoms with Gasteiger partial charge in [0, 0.05) is 32.1 Å². The highest BCUT2D eigenvalue weighted by atomic mass is 32.2. The van der Waals surface area contributed by atoms with Gasteiger partial charge >= 0.3 is 0 Å². The molecule has 0 aromatic carbocycles. The Morgan fingerprint density at radius 2 is 1.81 bits per heavy atom. The zero-order valence-corrected chi connectivity index (χ0v) is 13.5. The van der Waals surface area contributed by atoms with E-state index in [2.05, 4.69) is 5.32 Å². The first kappa shape index (κ1) is 15.2. The molecule has 2 atom stereocenters. The quantitative estimate of drug-likeness (QED) is 0.821. The number of nitrogens with one attached hydrogen (secondary N) is 1. The Bertz CT molecular complexity index is 516. The Labute approximate surface area is 127 Å². The fourth-order valence-corrected chi connectivity index (χ4v) is 6.04. The van der Waals surface area contributed by atoms with Gasteiger partial charge in [0.25, 0.3) is 10.2 Å². The molecule has 3 saturated heterocycles. The molecule has 120 valence electrons. The van der Waals surface area contributed by atoms with Gasteiger partial charge in [0.1, 0.15) is 0 Å². The predicted molar refractivity (Wildman–Crippen MR) is 79.9 cm³/mol. The lowest BCUT2D eigenvalue weighted by Crippen LogP contribution is -2.64. The zero-order valence-electron chi connectivity index (χ0n) is 12.7. The van der Waals surface area contributed by atoms with Crippen LogP contribution in [0.3, 0.4) is 0 Å². The van der Waals surface area contributed by atoms with Crippen LogP contribution in [-0.2, 0) is 15.0 Å². The molecule has 1 amide bonds. The van der Waals surface area contributed by atoms with E-state index in [9.17, 15) is 13.2 Å². The van der Waals surface area contributed by atoms with Crippen molar-refractivity contribution in [2.75, 3.05) is 19.6 Å². The summed E-state index contributed by atoms with van der Waals surface area (Å²) in [6.07, 6.45) is 5.64. The van der Waals surface area contributed by atoms with E-state index in [1.807, 2.05) is 6.92 Å². The van der Waals surface area contributed by atoms with Crippen molar-refractivity contribution in [3.8, 4) is 0 Å². The molecule has 3 aliphatic rings. The molecule has 3 heterocycles. The molecule has 0 bridgehead atoms. The Balaban J connectivity index is 1.91.